The van der Waals surface area contributed by atoms with Crippen molar-refractivity contribution in [3.05, 3.63) is 29.8 Å². The van der Waals surface area contributed by atoms with Gasteiger partial charge in [0, 0.05) is 39.7 Å². The van der Waals surface area contributed by atoms with E-state index < -0.39 is 15.9 Å². The lowest BCUT2D eigenvalue weighted by molar-refractivity contribution is -0.118. The molecule has 0 saturated heterocycles. The molecule has 0 heterocycles. The van der Waals surface area contributed by atoms with Crippen LogP contribution >= 0.6 is 0 Å². The number of hydrogen-bond acceptors (Lipinski definition) is 4. The Hall–Kier alpha value is -1.93. The topological polar surface area (TPSA) is 95.6 Å². The van der Waals surface area contributed by atoms with Gasteiger partial charge < -0.3 is 10.6 Å². The van der Waals surface area contributed by atoms with E-state index in [1.165, 1.54) is 45.3 Å². The van der Waals surface area contributed by atoms with Gasteiger partial charge in [-0.15, -0.1) is 0 Å². The summed E-state index contributed by atoms with van der Waals surface area (Å²) >= 11 is 0. The first-order valence-corrected chi connectivity index (χ1v) is 7.74. The maximum Gasteiger partial charge on any atom is 0.251 e. The summed E-state index contributed by atoms with van der Waals surface area (Å²) in [6.07, 6.45) is 0. The highest BCUT2D eigenvalue weighted by atomic mass is 32.2. The van der Waals surface area contributed by atoms with E-state index in [9.17, 15) is 18.0 Å². The Bertz CT molecular complexity index is 626. The molecule has 0 atom stereocenters. The minimum absolute atomic E-state index is 0.0574. The van der Waals surface area contributed by atoms with Crippen molar-refractivity contribution in [3.8, 4) is 0 Å². The molecule has 0 unspecified atom stereocenters. The van der Waals surface area contributed by atoms with E-state index in [0.29, 0.717) is 6.54 Å². The number of rotatable bonds is 6. The summed E-state index contributed by atoms with van der Waals surface area (Å²) < 4.78 is 25.1. The highest BCUT2D eigenvalue weighted by Gasteiger charge is 2.18. The van der Waals surface area contributed by atoms with Crippen LogP contribution in [-0.2, 0) is 14.8 Å². The van der Waals surface area contributed by atoms with Crippen LogP contribution in [0.25, 0.3) is 0 Å². The minimum Gasteiger partial charge on any atom is -0.355 e. The Labute approximate surface area is 124 Å². The maximum absolute atomic E-state index is 12.0. The van der Waals surface area contributed by atoms with Crippen LogP contribution in [0.1, 0.15) is 17.3 Å². The predicted molar refractivity (Wildman–Crippen MR) is 78.3 cm³/mol. The molecule has 0 aromatic heterocycles. The van der Waals surface area contributed by atoms with Crippen LogP contribution in [0.2, 0.25) is 0 Å². The van der Waals surface area contributed by atoms with Crippen LogP contribution in [0.15, 0.2) is 29.2 Å². The van der Waals surface area contributed by atoms with Crippen molar-refractivity contribution in [2.24, 2.45) is 0 Å². The molecule has 0 aliphatic rings. The van der Waals surface area contributed by atoms with E-state index in [1.54, 1.807) is 0 Å². The Morgan fingerprint density at radius 3 is 2.33 bits per heavy atom. The van der Waals surface area contributed by atoms with Gasteiger partial charge in [0.25, 0.3) is 5.91 Å². The standard InChI is InChI=1S/C13H19N3O4S/c1-10(17)14-7-8-15-13(18)11-5-4-6-12(9-11)21(19,20)16(2)3/h4-6,9H,7-8H2,1-3H3,(H,14,17)(H,15,18). The molecule has 0 saturated carbocycles. The van der Waals surface area contributed by atoms with E-state index >= 15 is 0 Å². The fraction of sp³-hybridized carbons (Fsp3) is 0.385. The van der Waals surface area contributed by atoms with Gasteiger partial charge in [0.15, 0.2) is 0 Å². The molecule has 2 N–H and O–H groups in total. The molecule has 1 aromatic rings. The van der Waals surface area contributed by atoms with E-state index in [0.717, 1.165) is 4.31 Å². The molecule has 2 amide bonds. The Kier molecular flexibility index (Phi) is 5.86. The fourth-order valence-corrected chi connectivity index (χ4v) is 2.47. The van der Waals surface area contributed by atoms with Gasteiger partial charge in [-0.05, 0) is 18.2 Å². The lowest BCUT2D eigenvalue weighted by Gasteiger charge is -2.12. The van der Waals surface area contributed by atoms with Crippen molar-refractivity contribution in [2.45, 2.75) is 11.8 Å². The number of nitrogens with one attached hydrogen (secondary N) is 2. The highest BCUT2D eigenvalue weighted by molar-refractivity contribution is 7.89. The molecule has 116 valence electrons. The Balaban J connectivity index is 2.77. The number of carbonyl (C=O) groups is 2. The summed E-state index contributed by atoms with van der Waals surface area (Å²) in [6.45, 7) is 1.97. The van der Waals surface area contributed by atoms with Crippen LogP contribution in [0.3, 0.4) is 0 Å². The first kappa shape index (κ1) is 17.1. The number of nitrogens with zero attached hydrogens (tertiary/aromatic N) is 1. The van der Waals surface area contributed by atoms with E-state index in [4.69, 9.17) is 0 Å². The first-order valence-electron chi connectivity index (χ1n) is 6.30. The minimum atomic E-state index is -3.57. The van der Waals surface area contributed by atoms with Crippen molar-refractivity contribution >= 4 is 21.8 Å². The fourth-order valence-electron chi connectivity index (χ4n) is 1.53. The number of amides is 2. The molecule has 0 bridgehead atoms. The van der Waals surface area contributed by atoms with E-state index in [1.807, 2.05) is 0 Å². The zero-order valence-corrected chi connectivity index (χ0v) is 13.0. The summed E-state index contributed by atoms with van der Waals surface area (Å²) in [5.41, 5.74) is 0.251. The summed E-state index contributed by atoms with van der Waals surface area (Å²) in [5.74, 6) is -0.570. The largest absolute Gasteiger partial charge is 0.355 e. The average molecular weight is 313 g/mol. The first-order chi connectivity index (χ1) is 9.75. The van der Waals surface area contributed by atoms with Crippen molar-refractivity contribution in [1.82, 2.24) is 14.9 Å². The van der Waals surface area contributed by atoms with E-state index in [2.05, 4.69) is 10.6 Å². The van der Waals surface area contributed by atoms with Crippen molar-refractivity contribution in [3.63, 3.8) is 0 Å². The Morgan fingerprint density at radius 2 is 1.76 bits per heavy atom. The average Bonchev–Trinajstić information content (AvgIpc) is 2.43. The van der Waals surface area contributed by atoms with Crippen molar-refractivity contribution < 1.29 is 18.0 Å². The van der Waals surface area contributed by atoms with Crippen LogP contribution < -0.4 is 10.6 Å². The van der Waals surface area contributed by atoms with Crippen molar-refractivity contribution in [1.29, 1.82) is 0 Å². The molecule has 7 nitrogen and oxygen atoms in total. The van der Waals surface area contributed by atoms with Gasteiger partial charge in [0.05, 0.1) is 4.90 Å². The third-order valence-corrected chi connectivity index (χ3v) is 4.47. The second-order valence-corrected chi connectivity index (χ2v) is 6.71. The third-order valence-electron chi connectivity index (χ3n) is 2.66. The molecule has 21 heavy (non-hydrogen) atoms. The molecule has 1 aromatic carbocycles. The molecular formula is C13H19N3O4S. The molecule has 0 fully saturated rings. The second kappa shape index (κ2) is 7.19. The van der Waals surface area contributed by atoms with Crippen LogP contribution in [0, 0.1) is 0 Å². The van der Waals surface area contributed by atoms with Crippen LogP contribution in [0.4, 0.5) is 0 Å². The normalized spacial score (nSPS) is 11.2. The molecule has 8 heteroatoms. The molecule has 0 aliphatic carbocycles. The van der Waals surface area contributed by atoms with Gasteiger partial charge in [-0.1, -0.05) is 6.07 Å². The molecular weight excluding hydrogens is 294 g/mol. The lowest BCUT2D eigenvalue weighted by atomic mass is 10.2. The number of benzene rings is 1. The number of hydrogen-bond donors (Lipinski definition) is 2. The zero-order chi connectivity index (χ0) is 16.0. The van der Waals surface area contributed by atoms with Gasteiger partial charge in [0.1, 0.15) is 0 Å². The lowest BCUT2D eigenvalue weighted by Crippen LogP contribution is -2.33. The van der Waals surface area contributed by atoms with Gasteiger partial charge in [0.2, 0.25) is 15.9 Å². The second-order valence-electron chi connectivity index (χ2n) is 4.55. The third kappa shape index (κ3) is 4.83. The number of sulfonamides is 1. The quantitative estimate of drug-likeness (QED) is 0.711. The van der Waals surface area contributed by atoms with Gasteiger partial charge in [-0.25, -0.2) is 12.7 Å². The molecule has 0 aliphatic heterocycles. The van der Waals surface area contributed by atoms with Crippen LogP contribution in [-0.4, -0.2) is 51.7 Å². The smallest absolute Gasteiger partial charge is 0.251 e. The molecule has 0 spiro atoms. The van der Waals surface area contributed by atoms with Gasteiger partial charge in [-0.2, -0.15) is 0 Å². The summed E-state index contributed by atoms with van der Waals surface area (Å²) in [5, 5.41) is 5.15. The summed E-state index contributed by atoms with van der Waals surface area (Å²) in [4.78, 5) is 22.6. The Morgan fingerprint density at radius 1 is 1.14 bits per heavy atom. The summed E-state index contributed by atoms with van der Waals surface area (Å²) in [7, 11) is -0.721. The monoisotopic (exact) mass is 313 g/mol. The molecule has 0 radical (unpaired) electrons. The SMILES string of the molecule is CC(=O)NCCNC(=O)c1cccc(S(=O)(=O)N(C)C)c1. The van der Waals surface area contributed by atoms with E-state index in [-0.39, 0.29) is 22.9 Å². The van der Waals surface area contributed by atoms with Gasteiger partial charge in [-0.3, -0.25) is 9.59 Å². The molecule has 1 rings (SSSR count). The maximum atomic E-state index is 12.0. The van der Waals surface area contributed by atoms with Crippen molar-refractivity contribution in [2.75, 3.05) is 27.2 Å². The summed E-state index contributed by atoms with van der Waals surface area (Å²) in [6, 6.07) is 5.80. The predicted octanol–water partition coefficient (Wildman–Crippen LogP) is -0.197. The van der Waals surface area contributed by atoms with Crippen LogP contribution in [0.5, 0.6) is 0 Å². The number of carbonyl (C=O) groups excluding carboxylic acids is 2. The van der Waals surface area contributed by atoms with Gasteiger partial charge >= 0.3 is 0 Å². The highest BCUT2D eigenvalue weighted by Crippen LogP contribution is 2.14. The zero-order valence-electron chi connectivity index (χ0n) is 12.2.